The van der Waals surface area contributed by atoms with Gasteiger partial charge >= 0.3 is 0 Å². The summed E-state index contributed by atoms with van der Waals surface area (Å²) in [6.07, 6.45) is 1.80. The maximum Gasteiger partial charge on any atom is 0.254 e. The van der Waals surface area contributed by atoms with Gasteiger partial charge in [-0.25, -0.2) is 4.39 Å². The fourth-order valence-corrected chi connectivity index (χ4v) is 1.97. The molecule has 1 aromatic carbocycles. The first kappa shape index (κ1) is 13.3. The highest BCUT2D eigenvalue weighted by atomic mass is 19.1. The Hall–Kier alpha value is -2.11. The minimum Gasteiger partial charge on any atom is -0.409 e. The minimum absolute atomic E-state index is 0.0311. The summed E-state index contributed by atoms with van der Waals surface area (Å²) in [5.74, 6) is -0.990. The third kappa shape index (κ3) is 2.83. The number of nitrogens with one attached hydrogen (secondary N) is 1. The van der Waals surface area contributed by atoms with Crippen LogP contribution in [0.5, 0.6) is 0 Å². The van der Waals surface area contributed by atoms with E-state index in [1.54, 1.807) is 19.1 Å². The van der Waals surface area contributed by atoms with Gasteiger partial charge < -0.3 is 16.3 Å². The van der Waals surface area contributed by atoms with Gasteiger partial charge in [0.05, 0.1) is 11.6 Å². The van der Waals surface area contributed by atoms with Crippen LogP contribution in [0.25, 0.3) is 0 Å². The normalized spacial score (nSPS) is 17.1. The number of rotatable bonds is 4. The van der Waals surface area contributed by atoms with Crippen molar-refractivity contribution in [2.45, 2.75) is 25.8 Å². The number of nitrogens with two attached hydrogens (primary N) is 1. The molecule has 1 aromatic rings. The lowest BCUT2D eigenvalue weighted by atomic mass is 10.1. The van der Waals surface area contributed by atoms with Gasteiger partial charge in [0.2, 0.25) is 0 Å². The molecule has 2 rings (SSSR count). The van der Waals surface area contributed by atoms with Crippen molar-refractivity contribution in [2.75, 3.05) is 0 Å². The smallest absolute Gasteiger partial charge is 0.254 e. The van der Waals surface area contributed by atoms with E-state index in [1.165, 1.54) is 6.07 Å². The fourth-order valence-electron chi connectivity index (χ4n) is 1.97. The van der Waals surface area contributed by atoms with Gasteiger partial charge in [-0.1, -0.05) is 17.3 Å². The SMILES string of the molecule is Cc1cccc(C(=O)NC(/C(N)=N/O)C2CC2)c1F. The Morgan fingerprint density at radius 3 is 2.84 bits per heavy atom. The third-order valence-electron chi connectivity index (χ3n) is 3.25. The van der Waals surface area contributed by atoms with E-state index in [9.17, 15) is 9.18 Å². The van der Waals surface area contributed by atoms with Crippen molar-refractivity contribution in [2.24, 2.45) is 16.8 Å². The Morgan fingerprint density at radius 2 is 2.26 bits per heavy atom. The van der Waals surface area contributed by atoms with Gasteiger partial charge in [-0.05, 0) is 37.3 Å². The number of amides is 1. The molecule has 1 aliphatic rings. The van der Waals surface area contributed by atoms with Crippen LogP contribution in [-0.4, -0.2) is 23.0 Å². The van der Waals surface area contributed by atoms with Crippen LogP contribution >= 0.6 is 0 Å². The van der Waals surface area contributed by atoms with Gasteiger partial charge in [0.25, 0.3) is 5.91 Å². The standard InChI is InChI=1S/C13H16FN3O2/c1-7-3-2-4-9(10(7)14)13(18)16-11(8-5-6-8)12(15)17-19/h2-4,8,11,19H,5-6H2,1H3,(H2,15,17)(H,16,18). The van der Waals surface area contributed by atoms with Gasteiger partial charge in [0.1, 0.15) is 5.82 Å². The molecule has 6 heteroatoms. The van der Waals surface area contributed by atoms with Crippen LogP contribution in [-0.2, 0) is 0 Å². The van der Waals surface area contributed by atoms with Gasteiger partial charge in [0, 0.05) is 0 Å². The molecular weight excluding hydrogens is 249 g/mol. The Balaban J connectivity index is 2.17. The first-order valence-corrected chi connectivity index (χ1v) is 6.08. The molecule has 0 bridgehead atoms. The Morgan fingerprint density at radius 1 is 1.58 bits per heavy atom. The number of halogens is 1. The summed E-state index contributed by atoms with van der Waals surface area (Å²) in [6.45, 7) is 1.59. The number of carbonyl (C=O) groups is 1. The number of nitrogens with zero attached hydrogens (tertiary/aromatic N) is 1. The number of aryl methyl sites for hydroxylation is 1. The van der Waals surface area contributed by atoms with Crippen LogP contribution in [0.2, 0.25) is 0 Å². The van der Waals surface area contributed by atoms with E-state index in [2.05, 4.69) is 10.5 Å². The highest BCUT2D eigenvalue weighted by molar-refractivity contribution is 5.98. The van der Waals surface area contributed by atoms with Gasteiger partial charge in [-0.2, -0.15) is 0 Å². The molecule has 0 aromatic heterocycles. The van der Waals surface area contributed by atoms with Crippen molar-refractivity contribution < 1.29 is 14.4 Å². The van der Waals surface area contributed by atoms with Gasteiger partial charge in [-0.15, -0.1) is 0 Å². The Bertz CT molecular complexity index is 527. The van der Waals surface area contributed by atoms with E-state index in [0.717, 1.165) is 12.8 Å². The number of oxime groups is 1. The molecular formula is C13H16FN3O2. The molecule has 102 valence electrons. The van der Waals surface area contributed by atoms with Gasteiger partial charge in [0.15, 0.2) is 5.84 Å². The average molecular weight is 265 g/mol. The Kier molecular flexibility index (Phi) is 3.69. The molecule has 0 aliphatic heterocycles. The molecule has 0 radical (unpaired) electrons. The van der Waals surface area contributed by atoms with Crippen molar-refractivity contribution in [1.29, 1.82) is 0 Å². The summed E-state index contributed by atoms with van der Waals surface area (Å²) in [5, 5.41) is 14.2. The zero-order chi connectivity index (χ0) is 14.0. The zero-order valence-corrected chi connectivity index (χ0v) is 10.6. The number of carbonyl (C=O) groups excluding carboxylic acids is 1. The summed E-state index contributed by atoms with van der Waals surface area (Å²) in [5.41, 5.74) is 5.92. The molecule has 1 atom stereocenters. The van der Waals surface area contributed by atoms with Crippen LogP contribution in [0.4, 0.5) is 4.39 Å². The Labute approximate surface area is 110 Å². The average Bonchev–Trinajstić information content (AvgIpc) is 3.22. The molecule has 0 spiro atoms. The van der Waals surface area contributed by atoms with Crippen molar-refractivity contribution in [1.82, 2.24) is 5.32 Å². The summed E-state index contributed by atoms with van der Waals surface area (Å²) >= 11 is 0. The lowest BCUT2D eigenvalue weighted by molar-refractivity contribution is 0.0938. The van der Waals surface area contributed by atoms with E-state index in [4.69, 9.17) is 10.9 Å². The van der Waals surface area contributed by atoms with Crippen LogP contribution in [0, 0.1) is 18.7 Å². The largest absolute Gasteiger partial charge is 0.409 e. The van der Waals surface area contributed by atoms with Crippen molar-refractivity contribution in [3.8, 4) is 0 Å². The van der Waals surface area contributed by atoms with Gasteiger partial charge in [-0.3, -0.25) is 4.79 Å². The zero-order valence-electron chi connectivity index (χ0n) is 10.6. The predicted molar refractivity (Wildman–Crippen MR) is 68.5 cm³/mol. The first-order valence-electron chi connectivity index (χ1n) is 6.08. The van der Waals surface area contributed by atoms with Crippen molar-refractivity contribution in [3.63, 3.8) is 0 Å². The lowest BCUT2D eigenvalue weighted by Crippen LogP contribution is -2.46. The topological polar surface area (TPSA) is 87.7 Å². The monoisotopic (exact) mass is 265 g/mol. The molecule has 1 fully saturated rings. The quantitative estimate of drug-likeness (QED) is 0.333. The minimum atomic E-state index is -0.551. The molecule has 1 amide bonds. The van der Waals surface area contributed by atoms with E-state index in [-0.39, 0.29) is 17.3 Å². The molecule has 0 saturated heterocycles. The lowest BCUT2D eigenvalue weighted by Gasteiger charge is -2.17. The van der Waals surface area contributed by atoms with Crippen LogP contribution in [0.3, 0.4) is 0 Å². The van der Waals surface area contributed by atoms with E-state index in [0.29, 0.717) is 5.56 Å². The van der Waals surface area contributed by atoms with Crippen LogP contribution in [0.15, 0.2) is 23.4 Å². The summed E-state index contributed by atoms with van der Waals surface area (Å²) in [6, 6.07) is 4.07. The summed E-state index contributed by atoms with van der Waals surface area (Å²) in [7, 11) is 0. The van der Waals surface area contributed by atoms with E-state index >= 15 is 0 Å². The van der Waals surface area contributed by atoms with Crippen LogP contribution < -0.4 is 11.1 Å². The second kappa shape index (κ2) is 5.26. The molecule has 4 N–H and O–H groups in total. The third-order valence-corrected chi connectivity index (χ3v) is 3.25. The van der Waals surface area contributed by atoms with E-state index in [1.807, 2.05) is 0 Å². The molecule has 1 unspecified atom stereocenters. The first-order chi connectivity index (χ1) is 9.04. The van der Waals surface area contributed by atoms with Crippen molar-refractivity contribution >= 4 is 11.7 Å². The molecule has 5 nitrogen and oxygen atoms in total. The highest BCUT2D eigenvalue weighted by Crippen LogP contribution is 2.33. The fraction of sp³-hybridized carbons (Fsp3) is 0.385. The number of benzene rings is 1. The maximum atomic E-state index is 13.8. The number of amidine groups is 1. The second-order valence-corrected chi connectivity index (χ2v) is 4.75. The second-order valence-electron chi connectivity index (χ2n) is 4.75. The van der Waals surface area contributed by atoms with Crippen molar-refractivity contribution in [3.05, 3.63) is 35.1 Å². The molecule has 1 aliphatic carbocycles. The summed E-state index contributed by atoms with van der Waals surface area (Å²) in [4.78, 5) is 12.0. The summed E-state index contributed by atoms with van der Waals surface area (Å²) < 4.78 is 13.8. The predicted octanol–water partition coefficient (Wildman–Crippen LogP) is 1.39. The molecule has 19 heavy (non-hydrogen) atoms. The van der Waals surface area contributed by atoms with E-state index < -0.39 is 17.8 Å². The number of hydrogen-bond donors (Lipinski definition) is 3. The molecule has 0 heterocycles. The maximum absolute atomic E-state index is 13.8. The highest BCUT2D eigenvalue weighted by Gasteiger charge is 2.35. The van der Waals surface area contributed by atoms with Crippen LogP contribution in [0.1, 0.15) is 28.8 Å². The number of hydrogen-bond acceptors (Lipinski definition) is 3. The molecule has 1 saturated carbocycles.